The third kappa shape index (κ3) is 12.1. The van der Waals surface area contributed by atoms with Crippen LogP contribution in [0.3, 0.4) is 0 Å². The fourth-order valence-electron chi connectivity index (χ4n) is 8.76. The number of aromatic nitrogens is 6. The average Bonchev–Trinajstić information content (AvgIpc) is 3.90. The van der Waals surface area contributed by atoms with E-state index in [0.717, 1.165) is 33.3 Å². The zero-order valence-electron chi connectivity index (χ0n) is 42.4. The van der Waals surface area contributed by atoms with Gasteiger partial charge in [-0.15, -0.1) is 0 Å². The summed E-state index contributed by atoms with van der Waals surface area (Å²) in [6, 6.07) is 31.7. The number of imidazole rings is 1. The Labute approximate surface area is 436 Å². The fourth-order valence-corrected chi connectivity index (χ4v) is 8.76. The number of amides is 1. The number of carboxylic acids is 1. The zero-order valence-corrected chi connectivity index (χ0v) is 42.4. The van der Waals surface area contributed by atoms with E-state index in [1.165, 1.54) is 24.7 Å². The summed E-state index contributed by atoms with van der Waals surface area (Å²) >= 11 is 0. The third-order valence-electron chi connectivity index (χ3n) is 13.0. The molecule has 9 rings (SSSR count). The molecule has 386 valence electrons. The number of hydrogen-bond acceptors (Lipinski definition) is 15. The number of carboxylic acid groups (broad SMARTS) is 1. The van der Waals surface area contributed by atoms with Gasteiger partial charge in [-0.3, -0.25) is 14.4 Å². The van der Waals surface area contributed by atoms with Gasteiger partial charge in [0.05, 0.1) is 24.0 Å². The molecule has 7 N–H and O–H groups in total. The number of nitrogens with one attached hydrogen (secondary N) is 2. The molecule has 1 aliphatic heterocycles. The summed E-state index contributed by atoms with van der Waals surface area (Å²) in [5.74, 6) is -0.983. The Bertz CT molecular complexity index is 3660. The fraction of sp³-hybridized carbons (Fsp3) is 0.228. The number of ketones is 2. The summed E-state index contributed by atoms with van der Waals surface area (Å²) in [6.45, 7) is 0.418. The lowest BCUT2D eigenvalue weighted by Crippen LogP contribution is -2.41. The number of Topliss-reactive ketones (excluding diaryl/α,β-unsaturated/α-hetero) is 2. The van der Waals surface area contributed by atoms with Gasteiger partial charge in [0.15, 0.2) is 11.4 Å². The number of ether oxygens (including phenoxy) is 2. The number of nitrogen functional groups attached to an aromatic ring is 2. The number of aryl methyl sites for hydroxylation is 2. The lowest BCUT2D eigenvalue weighted by molar-refractivity contribution is -0.122. The zero-order chi connectivity index (χ0) is 53.5. The summed E-state index contributed by atoms with van der Waals surface area (Å²) in [5.41, 5.74) is 19.1. The Morgan fingerprint density at radius 3 is 2.17 bits per heavy atom. The molecule has 19 nitrogen and oxygen atoms in total. The number of H-pyrrole nitrogens is 1. The van der Waals surface area contributed by atoms with Crippen molar-refractivity contribution >= 4 is 63.0 Å². The van der Waals surface area contributed by atoms with Crippen LogP contribution in [0.15, 0.2) is 126 Å². The van der Waals surface area contributed by atoms with Crippen LogP contribution in [0.25, 0.3) is 44.6 Å². The second-order valence-electron chi connectivity index (χ2n) is 18.7. The molecule has 0 saturated carbocycles. The van der Waals surface area contributed by atoms with Gasteiger partial charge in [0.25, 0.3) is 5.91 Å². The molecule has 0 saturated heterocycles. The number of nitrogens with two attached hydrogens (primary N) is 2. The van der Waals surface area contributed by atoms with Crippen LogP contribution in [-0.2, 0) is 35.6 Å². The van der Waals surface area contributed by atoms with Crippen LogP contribution in [-0.4, -0.2) is 92.7 Å². The molecule has 1 unspecified atom stereocenters. The Morgan fingerprint density at radius 2 is 1.47 bits per heavy atom. The van der Waals surface area contributed by atoms with Crippen molar-refractivity contribution < 1.29 is 38.2 Å². The highest BCUT2D eigenvalue weighted by molar-refractivity contribution is 6.10. The van der Waals surface area contributed by atoms with E-state index < -0.39 is 17.9 Å². The molecular formula is C57H56N11O8+. The van der Waals surface area contributed by atoms with Crippen molar-refractivity contribution in [3.05, 3.63) is 160 Å². The SMILES string of the molecule is CN(C)c1ccc2c(-c3cc(C(=O)NC(CCC(=O)CCc4ccc(COc5nc(N)nc6nc[nH]c56)cc4)C(=O)CCc4ccc(COc5nccc(N)n5)cc4)ccc3C(=O)O)c3ccc(=[N+](C)C)cc-3oc2c1. The van der Waals surface area contributed by atoms with Gasteiger partial charge in [-0.1, -0.05) is 48.5 Å². The van der Waals surface area contributed by atoms with Crippen molar-refractivity contribution in [3.63, 3.8) is 0 Å². The number of aromatic amines is 1. The largest absolute Gasteiger partial charge is 0.478 e. The summed E-state index contributed by atoms with van der Waals surface area (Å²) in [6.07, 6.45) is 4.18. The maximum absolute atomic E-state index is 14.5. The highest BCUT2D eigenvalue weighted by Gasteiger charge is 2.27. The predicted octanol–water partition coefficient (Wildman–Crippen LogP) is 7.06. The van der Waals surface area contributed by atoms with Crippen molar-refractivity contribution in [1.29, 1.82) is 0 Å². The standard InChI is InChI=1S/C57H55N11O8/c1-67(2)38-16-21-42-47(28-38)76-48-29-39(68(3)4)17-22-43(48)50(42)44-27-37(15-20-41(44)55(72)73)53(71)63-45(46(70)24-14-34-7-11-36(12-8-34)31-75-57-60-26-25-49(58)64-57)23-19-40(69)18-13-33-5-9-35(10-6-33)30-74-54-51-52(62-32-61-51)65-56(59)66-54/h5-12,15-17,20-22,25-29,32,45H,13-14,18-19,23-24,30-31H2,1-4H3,(H6-,58,59,60,61,62,63,64,65,66,71,72,73)/p+1. The number of hydrogen-bond donors (Lipinski definition) is 5. The number of nitrogens with zero attached hydrogens (tertiary/aromatic N) is 7. The topological polar surface area (TPSA) is 271 Å². The minimum absolute atomic E-state index is 0.0246. The maximum atomic E-state index is 14.5. The van der Waals surface area contributed by atoms with E-state index in [2.05, 4.69) is 35.2 Å². The van der Waals surface area contributed by atoms with Crippen LogP contribution >= 0.6 is 0 Å². The monoisotopic (exact) mass is 1020 g/mol. The van der Waals surface area contributed by atoms with Crippen molar-refractivity contribution in [2.45, 2.75) is 57.8 Å². The molecule has 0 spiro atoms. The maximum Gasteiger partial charge on any atom is 0.336 e. The smallest absolute Gasteiger partial charge is 0.336 e. The molecule has 2 aliphatic rings. The normalized spacial score (nSPS) is 11.6. The molecule has 4 aromatic carbocycles. The van der Waals surface area contributed by atoms with E-state index in [1.807, 2.05) is 123 Å². The molecule has 0 bridgehead atoms. The Hall–Kier alpha value is -9.52. The molecule has 0 radical (unpaired) electrons. The second kappa shape index (κ2) is 22.7. The van der Waals surface area contributed by atoms with E-state index >= 15 is 0 Å². The first-order valence-electron chi connectivity index (χ1n) is 24.5. The number of anilines is 3. The lowest BCUT2D eigenvalue weighted by atomic mass is 9.89. The molecular weight excluding hydrogens is 967 g/mol. The van der Waals surface area contributed by atoms with Crippen molar-refractivity contribution in [2.24, 2.45) is 0 Å². The van der Waals surface area contributed by atoms with E-state index in [4.69, 9.17) is 25.4 Å². The quantitative estimate of drug-likeness (QED) is 0.0356. The summed E-state index contributed by atoms with van der Waals surface area (Å²) in [4.78, 5) is 80.7. The van der Waals surface area contributed by atoms with E-state index in [0.29, 0.717) is 63.2 Å². The van der Waals surface area contributed by atoms with E-state index in [-0.39, 0.29) is 79.4 Å². The molecule has 1 atom stereocenters. The van der Waals surface area contributed by atoms with Gasteiger partial charge in [0.2, 0.25) is 17.2 Å². The van der Waals surface area contributed by atoms with Crippen molar-refractivity contribution in [1.82, 2.24) is 39.8 Å². The van der Waals surface area contributed by atoms with Crippen LogP contribution in [0.1, 0.15) is 68.7 Å². The minimum atomic E-state index is -1.19. The van der Waals surface area contributed by atoms with E-state index in [9.17, 15) is 24.3 Å². The van der Waals surface area contributed by atoms with Gasteiger partial charge in [-0.05, 0) is 89.5 Å². The molecule has 1 aliphatic carbocycles. The number of carbonyl (C=O) groups excluding carboxylic acids is 3. The van der Waals surface area contributed by atoms with Gasteiger partial charge < -0.3 is 45.7 Å². The van der Waals surface area contributed by atoms with Gasteiger partial charge in [-0.2, -0.15) is 15.0 Å². The molecule has 1 amide bonds. The van der Waals surface area contributed by atoms with E-state index in [1.54, 1.807) is 12.1 Å². The summed E-state index contributed by atoms with van der Waals surface area (Å²) in [5, 5.41) is 15.1. The van der Waals surface area contributed by atoms with Crippen LogP contribution in [0.2, 0.25) is 0 Å². The predicted molar refractivity (Wildman–Crippen MR) is 288 cm³/mol. The van der Waals surface area contributed by atoms with Crippen LogP contribution in [0.4, 0.5) is 17.5 Å². The molecule has 7 aromatic rings. The minimum Gasteiger partial charge on any atom is -0.478 e. The summed E-state index contributed by atoms with van der Waals surface area (Å²) < 4.78 is 20.0. The number of carbonyl (C=O) groups is 4. The highest BCUT2D eigenvalue weighted by atomic mass is 16.5. The number of benzene rings is 5. The lowest BCUT2D eigenvalue weighted by Gasteiger charge is -2.20. The molecule has 4 heterocycles. The van der Waals surface area contributed by atoms with Crippen LogP contribution in [0.5, 0.6) is 11.9 Å². The van der Waals surface area contributed by atoms with Crippen LogP contribution < -0.4 is 41.1 Å². The molecule has 76 heavy (non-hydrogen) atoms. The van der Waals surface area contributed by atoms with Gasteiger partial charge in [0.1, 0.15) is 55.8 Å². The average molecular weight is 1020 g/mol. The number of rotatable bonds is 21. The van der Waals surface area contributed by atoms with Gasteiger partial charge in [-0.25, -0.2) is 19.3 Å². The third-order valence-corrected chi connectivity index (χ3v) is 13.0. The van der Waals surface area contributed by atoms with Crippen molar-refractivity contribution in [3.8, 4) is 34.3 Å². The first-order chi connectivity index (χ1) is 36.6. The van der Waals surface area contributed by atoms with Gasteiger partial charge in [0, 0.05) is 79.5 Å². The molecule has 0 fully saturated rings. The second-order valence-corrected chi connectivity index (χ2v) is 18.7. The molecule has 19 heteroatoms. The Balaban J connectivity index is 0.928. The molecule has 3 aromatic heterocycles. The van der Waals surface area contributed by atoms with Gasteiger partial charge >= 0.3 is 12.0 Å². The van der Waals surface area contributed by atoms with Crippen molar-refractivity contribution in [2.75, 3.05) is 44.6 Å². The first-order valence-corrected chi connectivity index (χ1v) is 24.5. The van der Waals surface area contributed by atoms with Crippen LogP contribution in [0, 0.1) is 0 Å². The first kappa shape index (κ1) is 51.4. The number of fused-ring (bicyclic) bond motifs is 3. The Morgan fingerprint density at radius 1 is 0.763 bits per heavy atom. The summed E-state index contributed by atoms with van der Waals surface area (Å²) in [7, 11) is 7.66. The highest BCUT2D eigenvalue weighted by Crippen LogP contribution is 2.42. The number of aromatic carboxylic acids is 1. The Kier molecular flexibility index (Phi) is 15.4.